The fraction of sp³-hybridized carbons (Fsp3) is 0.412. The van der Waals surface area contributed by atoms with Crippen molar-refractivity contribution in [2.24, 2.45) is 5.73 Å². The lowest BCUT2D eigenvalue weighted by atomic mass is 9.92. The van der Waals surface area contributed by atoms with Crippen molar-refractivity contribution in [2.75, 3.05) is 0 Å². The molecule has 0 atom stereocenters. The van der Waals surface area contributed by atoms with Crippen LogP contribution >= 0.6 is 35.6 Å². The summed E-state index contributed by atoms with van der Waals surface area (Å²) in [5.41, 5.74) is 6.09. The molecule has 3 N–H and O–H groups in total. The van der Waals surface area contributed by atoms with Crippen LogP contribution in [0.2, 0.25) is 10.0 Å². The number of nitrogens with one attached hydrogen (secondary N) is 1. The smallest absolute Gasteiger partial charge is 0.273 e. The van der Waals surface area contributed by atoms with Gasteiger partial charge < -0.3 is 20.3 Å². The molecule has 2 aromatic rings. The lowest BCUT2D eigenvalue weighted by Gasteiger charge is -2.26. The lowest BCUT2D eigenvalue weighted by Crippen LogP contribution is -2.40. The monoisotopic (exact) mass is 419 g/mol. The van der Waals surface area contributed by atoms with E-state index in [1.807, 2.05) is 0 Å². The molecule has 0 bridgehead atoms. The fourth-order valence-corrected chi connectivity index (χ4v) is 3.28. The zero-order valence-corrected chi connectivity index (χ0v) is 16.2. The van der Waals surface area contributed by atoms with Gasteiger partial charge in [-0.05, 0) is 37.8 Å². The molecule has 6 nitrogen and oxygen atoms in total. The van der Waals surface area contributed by atoms with Crippen LogP contribution in [0.25, 0.3) is 0 Å². The number of ether oxygens (including phenoxy) is 1. The van der Waals surface area contributed by atoms with Crippen molar-refractivity contribution in [3.05, 3.63) is 45.8 Å². The third-order valence-corrected chi connectivity index (χ3v) is 4.77. The molecule has 0 aliphatic heterocycles. The molecule has 142 valence electrons. The standard InChI is InChI=1S/C17H19Cl2N3O3.ClH/c18-13-2-1-3-14(19)16(13)24-9-12-8-15(22-25-12)17(23)21-11-6-4-10(20)5-7-11;/h1-3,8,10-11H,4-7,9,20H2,(H,21,23);1H. The Bertz CT molecular complexity index is 726. The van der Waals surface area contributed by atoms with Crippen LogP contribution in [0, 0.1) is 0 Å². The zero-order chi connectivity index (χ0) is 17.8. The Morgan fingerprint density at radius 2 is 1.92 bits per heavy atom. The van der Waals surface area contributed by atoms with Gasteiger partial charge in [-0.2, -0.15) is 0 Å². The molecule has 1 aliphatic carbocycles. The highest BCUT2D eigenvalue weighted by atomic mass is 35.5. The number of nitrogens with two attached hydrogens (primary N) is 1. The predicted molar refractivity (Wildman–Crippen MR) is 102 cm³/mol. The summed E-state index contributed by atoms with van der Waals surface area (Å²) in [4.78, 5) is 12.2. The summed E-state index contributed by atoms with van der Waals surface area (Å²) < 4.78 is 10.7. The minimum atomic E-state index is -0.258. The van der Waals surface area contributed by atoms with Gasteiger partial charge in [0.05, 0.1) is 10.0 Å². The first kappa shape index (κ1) is 20.8. The normalized spacial score (nSPS) is 19.5. The first-order valence-electron chi connectivity index (χ1n) is 8.12. The molecule has 0 radical (unpaired) electrons. The SMILES string of the molecule is Cl.NC1CCC(NC(=O)c2cc(COc3c(Cl)cccc3Cl)on2)CC1. The number of carbonyl (C=O) groups is 1. The number of para-hydroxylation sites is 1. The Kier molecular flexibility index (Phi) is 7.58. The van der Waals surface area contributed by atoms with E-state index in [1.165, 1.54) is 0 Å². The van der Waals surface area contributed by atoms with E-state index < -0.39 is 0 Å². The molecule has 26 heavy (non-hydrogen) atoms. The first-order valence-corrected chi connectivity index (χ1v) is 8.87. The van der Waals surface area contributed by atoms with Gasteiger partial charge in [0.15, 0.2) is 17.2 Å². The zero-order valence-electron chi connectivity index (χ0n) is 13.9. The van der Waals surface area contributed by atoms with E-state index in [-0.39, 0.29) is 42.7 Å². The van der Waals surface area contributed by atoms with Crippen LogP contribution in [0.1, 0.15) is 41.9 Å². The van der Waals surface area contributed by atoms with Gasteiger partial charge in [0.1, 0.15) is 6.61 Å². The molecular weight excluding hydrogens is 401 g/mol. The third-order valence-electron chi connectivity index (χ3n) is 4.18. The number of amides is 1. The highest BCUT2D eigenvalue weighted by molar-refractivity contribution is 6.37. The minimum absolute atomic E-state index is 0. The molecule has 1 heterocycles. The molecule has 1 saturated carbocycles. The highest BCUT2D eigenvalue weighted by Gasteiger charge is 2.22. The van der Waals surface area contributed by atoms with Crippen LogP contribution < -0.4 is 15.8 Å². The summed E-state index contributed by atoms with van der Waals surface area (Å²) in [6.45, 7) is 0.0714. The van der Waals surface area contributed by atoms with Crippen molar-refractivity contribution in [1.29, 1.82) is 0 Å². The van der Waals surface area contributed by atoms with E-state index in [1.54, 1.807) is 24.3 Å². The number of rotatable bonds is 5. The van der Waals surface area contributed by atoms with Gasteiger partial charge in [0.2, 0.25) is 0 Å². The molecule has 1 aromatic carbocycles. The topological polar surface area (TPSA) is 90.4 Å². The molecule has 9 heteroatoms. The van der Waals surface area contributed by atoms with Crippen molar-refractivity contribution in [2.45, 2.75) is 44.4 Å². The van der Waals surface area contributed by atoms with E-state index in [4.69, 9.17) is 38.2 Å². The second-order valence-electron chi connectivity index (χ2n) is 6.10. The van der Waals surface area contributed by atoms with Gasteiger partial charge in [-0.3, -0.25) is 4.79 Å². The minimum Gasteiger partial charge on any atom is -0.482 e. The first-order chi connectivity index (χ1) is 12.0. The number of hydrogen-bond acceptors (Lipinski definition) is 5. The summed E-state index contributed by atoms with van der Waals surface area (Å²) in [5, 5.41) is 7.56. The van der Waals surface area contributed by atoms with Gasteiger partial charge in [-0.15, -0.1) is 12.4 Å². The summed E-state index contributed by atoms with van der Waals surface area (Å²) in [6, 6.07) is 7.00. The van der Waals surface area contributed by atoms with Crippen LogP contribution in [0.4, 0.5) is 0 Å². The van der Waals surface area contributed by atoms with Crippen molar-refractivity contribution in [1.82, 2.24) is 10.5 Å². The number of nitrogens with zero attached hydrogens (tertiary/aromatic N) is 1. The molecule has 1 aromatic heterocycles. The van der Waals surface area contributed by atoms with E-state index in [2.05, 4.69) is 10.5 Å². The average molecular weight is 421 g/mol. The summed E-state index contributed by atoms with van der Waals surface area (Å²) in [7, 11) is 0. The van der Waals surface area contributed by atoms with E-state index in [0.29, 0.717) is 21.6 Å². The largest absolute Gasteiger partial charge is 0.482 e. The molecule has 0 unspecified atom stereocenters. The van der Waals surface area contributed by atoms with Gasteiger partial charge in [-0.25, -0.2) is 0 Å². The van der Waals surface area contributed by atoms with Gasteiger partial charge in [-0.1, -0.05) is 34.4 Å². The van der Waals surface area contributed by atoms with Crippen molar-refractivity contribution < 1.29 is 14.1 Å². The van der Waals surface area contributed by atoms with E-state index in [0.717, 1.165) is 25.7 Å². The number of benzene rings is 1. The Labute approximate surface area is 167 Å². The van der Waals surface area contributed by atoms with Crippen LogP contribution in [-0.4, -0.2) is 23.1 Å². The van der Waals surface area contributed by atoms with Crippen molar-refractivity contribution in [3.63, 3.8) is 0 Å². The number of carbonyl (C=O) groups excluding carboxylic acids is 1. The molecule has 1 amide bonds. The third kappa shape index (κ3) is 5.27. The maximum absolute atomic E-state index is 12.2. The molecule has 0 saturated heterocycles. The lowest BCUT2D eigenvalue weighted by molar-refractivity contribution is 0.0916. The summed E-state index contributed by atoms with van der Waals surface area (Å²) in [6.07, 6.45) is 3.60. The number of aromatic nitrogens is 1. The second kappa shape index (κ2) is 9.46. The molecule has 1 aliphatic rings. The Hall–Kier alpha value is -1.47. The van der Waals surface area contributed by atoms with Crippen LogP contribution in [0.5, 0.6) is 5.75 Å². The quantitative estimate of drug-likeness (QED) is 0.763. The summed E-state index contributed by atoms with van der Waals surface area (Å²) >= 11 is 12.1. The second-order valence-corrected chi connectivity index (χ2v) is 6.92. The number of hydrogen-bond donors (Lipinski definition) is 2. The van der Waals surface area contributed by atoms with Gasteiger partial charge >= 0.3 is 0 Å². The van der Waals surface area contributed by atoms with E-state index >= 15 is 0 Å². The fourth-order valence-electron chi connectivity index (χ4n) is 2.77. The Morgan fingerprint density at radius 3 is 2.58 bits per heavy atom. The maximum atomic E-state index is 12.2. The summed E-state index contributed by atoms with van der Waals surface area (Å²) in [5.74, 6) is 0.518. The van der Waals surface area contributed by atoms with Crippen LogP contribution in [0.15, 0.2) is 28.8 Å². The molecule has 3 rings (SSSR count). The van der Waals surface area contributed by atoms with E-state index in [9.17, 15) is 4.79 Å². The maximum Gasteiger partial charge on any atom is 0.273 e. The van der Waals surface area contributed by atoms with Gasteiger partial charge in [0, 0.05) is 18.2 Å². The predicted octanol–water partition coefficient (Wildman–Crippen LogP) is 3.98. The molecular formula is C17H20Cl3N3O3. The Balaban J connectivity index is 0.00000243. The van der Waals surface area contributed by atoms with Crippen LogP contribution in [-0.2, 0) is 6.61 Å². The Morgan fingerprint density at radius 1 is 1.27 bits per heavy atom. The molecule has 0 spiro atoms. The van der Waals surface area contributed by atoms with Crippen molar-refractivity contribution in [3.8, 4) is 5.75 Å². The molecule has 1 fully saturated rings. The van der Waals surface area contributed by atoms with Crippen molar-refractivity contribution >= 4 is 41.5 Å². The highest BCUT2D eigenvalue weighted by Crippen LogP contribution is 2.32. The number of halogens is 3. The average Bonchev–Trinajstić information content (AvgIpc) is 3.06. The van der Waals surface area contributed by atoms with Gasteiger partial charge in [0.25, 0.3) is 5.91 Å². The van der Waals surface area contributed by atoms with Crippen LogP contribution in [0.3, 0.4) is 0 Å².